The Hall–Kier alpha value is -2.21. The quantitative estimate of drug-likeness (QED) is 0.644. The molecule has 3 rings (SSSR count). The molecule has 0 aliphatic carbocycles. The minimum Gasteiger partial charge on any atom is -0.354 e. The molecule has 0 saturated carbocycles. The smallest absolute Gasteiger partial charge is 0.270 e. The molecule has 1 aliphatic rings. The van der Waals surface area contributed by atoms with Gasteiger partial charge in [0.15, 0.2) is 0 Å². The summed E-state index contributed by atoms with van der Waals surface area (Å²) in [6.45, 7) is 9.30. The van der Waals surface area contributed by atoms with E-state index >= 15 is 0 Å². The van der Waals surface area contributed by atoms with Gasteiger partial charge in [-0.15, -0.1) is 0 Å². The molecule has 1 saturated heterocycles. The minimum atomic E-state index is -0.364. The first-order chi connectivity index (χ1) is 10.6. The van der Waals surface area contributed by atoms with E-state index in [2.05, 4.69) is 16.7 Å². The van der Waals surface area contributed by atoms with Gasteiger partial charge in [0.05, 0.1) is 10.4 Å². The average Bonchev–Trinajstić information content (AvgIpc) is 2.54. The summed E-state index contributed by atoms with van der Waals surface area (Å²) in [4.78, 5) is 19.9. The second kappa shape index (κ2) is 5.88. The fourth-order valence-corrected chi connectivity index (χ4v) is 2.93. The summed E-state index contributed by atoms with van der Waals surface area (Å²) in [5.41, 5.74) is 1.96. The number of nitro groups is 1. The lowest BCUT2D eigenvalue weighted by molar-refractivity contribution is -0.384. The molecular formula is C16H20N4O2. The average molecular weight is 300 g/mol. The lowest BCUT2D eigenvalue weighted by Gasteiger charge is -2.35. The van der Waals surface area contributed by atoms with Gasteiger partial charge in [-0.1, -0.05) is 6.92 Å². The molecule has 116 valence electrons. The number of anilines is 1. The summed E-state index contributed by atoms with van der Waals surface area (Å²) in [6, 6.07) is 6.91. The normalized spacial score (nSPS) is 16.2. The van der Waals surface area contributed by atoms with Gasteiger partial charge in [-0.3, -0.25) is 10.1 Å². The number of pyridine rings is 1. The van der Waals surface area contributed by atoms with Crippen LogP contribution in [0.4, 0.5) is 11.5 Å². The second-order valence-corrected chi connectivity index (χ2v) is 5.68. The number of non-ortho nitro benzene ring substituents is 1. The highest BCUT2D eigenvalue weighted by Gasteiger charge is 2.18. The number of fused-ring (bicyclic) bond motifs is 1. The maximum atomic E-state index is 10.9. The predicted octanol–water partition coefficient (Wildman–Crippen LogP) is 2.59. The molecule has 1 aliphatic heterocycles. The summed E-state index contributed by atoms with van der Waals surface area (Å²) in [5.74, 6) is 0.967. The van der Waals surface area contributed by atoms with E-state index in [1.54, 1.807) is 12.1 Å². The number of nitro benzene ring substituents is 1. The molecule has 22 heavy (non-hydrogen) atoms. The fourth-order valence-electron chi connectivity index (χ4n) is 2.93. The van der Waals surface area contributed by atoms with Crippen molar-refractivity contribution in [3.63, 3.8) is 0 Å². The molecule has 0 radical (unpaired) electrons. The molecule has 6 heteroatoms. The molecule has 0 bridgehead atoms. The van der Waals surface area contributed by atoms with E-state index in [4.69, 9.17) is 4.98 Å². The second-order valence-electron chi connectivity index (χ2n) is 5.68. The van der Waals surface area contributed by atoms with Crippen molar-refractivity contribution in [2.24, 2.45) is 0 Å². The number of hydrogen-bond donors (Lipinski definition) is 0. The first-order valence-electron chi connectivity index (χ1n) is 7.61. The van der Waals surface area contributed by atoms with Crippen LogP contribution in [0.15, 0.2) is 24.3 Å². The van der Waals surface area contributed by atoms with E-state index < -0.39 is 0 Å². The monoisotopic (exact) mass is 300 g/mol. The minimum absolute atomic E-state index is 0.113. The van der Waals surface area contributed by atoms with E-state index in [0.29, 0.717) is 0 Å². The van der Waals surface area contributed by atoms with Gasteiger partial charge in [0.2, 0.25) is 0 Å². The van der Waals surface area contributed by atoms with Crippen LogP contribution in [0.1, 0.15) is 12.5 Å². The number of nitrogens with zero attached hydrogens (tertiary/aromatic N) is 4. The number of likely N-dealkylation sites (N-methyl/N-ethyl adjacent to an activating group) is 1. The van der Waals surface area contributed by atoms with Crippen LogP contribution in [0.2, 0.25) is 0 Å². The van der Waals surface area contributed by atoms with Crippen molar-refractivity contribution < 1.29 is 4.92 Å². The highest BCUT2D eigenvalue weighted by Crippen LogP contribution is 2.26. The van der Waals surface area contributed by atoms with Gasteiger partial charge in [0.1, 0.15) is 5.82 Å². The van der Waals surface area contributed by atoms with Crippen LogP contribution in [-0.4, -0.2) is 47.5 Å². The predicted molar refractivity (Wildman–Crippen MR) is 87.5 cm³/mol. The van der Waals surface area contributed by atoms with Crippen LogP contribution in [0.3, 0.4) is 0 Å². The van der Waals surface area contributed by atoms with Crippen LogP contribution in [0.25, 0.3) is 10.9 Å². The largest absolute Gasteiger partial charge is 0.354 e. The van der Waals surface area contributed by atoms with Gasteiger partial charge >= 0.3 is 0 Å². The third-order valence-corrected chi connectivity index (χ3v) is 4.34. The van der Waals surface area contributed by atoms with E-state index in [1.807, 2.05) is 13.0 Å². The van der Waals surface area contributed by atoms with Crippen molar-refractivity contribution in [2.75, 3.05) is 37.6 Å². The number of aromatic nitrogens is 1. The molecular weight excluding hydrogens is 280 g/mol. The summed E-state index contributed by atoms with van der Waals surface area (Å²) in [5, 5.41) is 11.8. The van der Waals surface area contributed by atoms with Crippen LogP contribution >= 0.6 is 0 Å². The van der Waals surface area contributed by atoms with E-state index in [0.717, 1.165) is 55.0 Å². The Bertz CT molecular complexity index is 709. The van der Waals surface area contributed by atoms with Crippen LogP contribution in [0.5, 0.6) is 0 Å². The summed E-state index contributed by atoms with van der Waals surface area (Å²) in [7, 11) is 0. The Morgan fingerprint density at radius 3 is 2.59 bits per heavy atom. The molecule has 0 amide bonds. The van der Waals surface area contributed by atoms with Gasteiger partial charge in [0.25, 0.3) is 5.69 Å². The van der Waals surface area contributed by atoms with Gasteiger partial charge in [-0.25, -0.2) is 4.98 Å². The molecule has 0 N–H and O–H groups in total. The SMILES string of the molecule is CCN1CCN(c2cc(C)c3cc([N+](=O)[O-])ccc3n2)CC1. The number of piperazine rings is 1. The van der Waals surface area contributed by atoms with Gasteiger partial charge < -0.3 is 9.80 Å². The molecule has 1 aromatic heterocycles. The lowest BCUT2D eigenvalue weighted by Crippen LogP contribution is -2.46. The van der Waals surface area contributed by atoms with Gasteiger partial charge in [0, 0.05) is 43.7 Å². The molecule has 1 fully saturated rings. The van der Waals surface area contributed by atoms with Crippen molar-refractivity contribution >= 4 is 22.4 Å². The van der Waals surface area contributed by atoms with Gasteiger partial charge in [-0.2, -0.15) is 0 Å². The van der Waals surface area contributed by atoms with Crippen molar-refractivity contribution in [2.45, 2.75) is 13.8 Å². The van der Waals surface area contributed by atoms with Crippen LogP contribution < -0.4 is 4.90 Å². The highest BCUT2D eigenvalue weighted by atomic mass is 16.6. The summed E-state index contributed by atoms with van der Waals surface area (Å²) >= 11 is 0. The Balaban J connectivity index is 1.93. The van der Waals surface area contributed by atoms with Gasteiger partial charge in [-0.05, 0) is 31.2 Å². The van der Waals surface area contributed by atoms with E-state index in [1.165, 1.54) is 6.07 Å². The van der Waals surface area contributed by atoms with Crippen molar-refractivity contribution in [1.82, 2.24) is 9.88 Å². The maximum Gasteiger partial charge on any atom is 0.270 e. The first kappa shape index (κ1) is 14.7. The van der Waals surface area contributed by atoms with Crippen molar-refractivity contribution in [3.8, 4) is 0 Å². The Labute approximate surface area is 129 Å². The fraction of sp³-hybridized carbons (Fsp3) is 0.438. The van der Waals surface area contributed by atoms with E-state index in [9.17, 15) is 10.1 Å². The van der Waals surface area contributed by atoms with Crippen LogP contribution in [0, 0.1) is 17.0 Å². The molecule has 6 nitrogen and oxygen atoms in total. The molecule has 0 atom stereocenters. The number of benzene rings is 1. The third-order valence-electron chi connectivity index (χ3n) is 4.34. The molecule has 0 spiro atoms. The van der Waals surface area contributed by atoms with Crippen molar-refractivity contribution in [1.29, 1.82) is 0 Å². The molecule has 0 unspecified atom stereocenters. The Kier molecular flexibility index (Phi) is 3.94. The molecule has 1 aromatic carbocycles. The standard InChI is InChI=1S/C16H20N4O2/c1-3-18-6-8-19(9-7-18)16-10-12(2)14-11-13(20(21)22)4-5-15(14)17-16/h4-5,10-11H,3,6-9H2,1-2H3. The first-order valence-corrected chi connectivity index (χ1v) is 7.61. The number of aryl methyl sites for hydroxylation is 1. The maximum absolute atomic E-state index is 10.9. The zero-order chi connectivity index (χ0) is 15.7. The summed E-state index contributed by atoms with van der Waals surface area (Å²) in [6.07, 6.45) is 0. The topological polar surface area (TPSA) is 62.5 Å². The van der Waals surface area contributed by atoms with Crippen LogP contribution in [-0.2, 0) is 0 Å². The third kappa shape index (κ3) is 2.74. The number of rotatable bonds is 3. The van der Waals surface area contributed by atoms with E-state index in [-0.39, 0.29) is 10.6 Å². The zero-order valence-corrected chi connectivity index (χ0v) is 13.0. The highest BCUT2D eigenvalue weighted by molar-refractivity contribution is 5.86. The van der Waals surface area contributed by atoms with Crippen molar-refractivity contribution in [3.05, 3.63) is 39.9 Å². The molecule has 2 heterocycles. The Morgan fingerprint density at radius 2 is 1.95 bits per heavy atom. The summed E-state index contributed by atoms with van der Waals surface area (Å²) < 4.78 is 0. The Morgan fingerprint density at radius 1 is 1.23 bits per heavy atom. The lowest BCUT2D eigenvalue weighted by atomic mass is 10.1. The molecule has 2 aromatic rings. The number of hydrogen-bond acceptors (Lipinski definition) is 5. The zero-order valence-electron chi connectivity index (χ0n) is 13.0.